The first-order chi connectivity index (χ1) is 9.77. The van der Waals surface area contributed by atoms with Crippen LogP contribution >= 0.6 is 28.1 Å². The largest absolute Gasteiger partial charge is 0.389 e. The molecular weight excluding hydrogens is 374 g/mol. The molecule has 0 radical (unpaired) electrons. The lowest BCUT2D eigenvalue weighted by atomic mass is 10.2. The van der Waals surface area contributed by atoms with Crippen molar-refractivity contribution in [1.82, 2.24) is 0 Å². The lowest BCUT2D eigenvalue weighted by Crippen LogP contribution is -2.11. The zero-order valence-electron chi connectivity index (χ0n) is 10.7. The second kappa shape index (κ2) is 6.10. The molecule has 0 aliphatic rings. The van der Waals surface area contributed by atoms with Crippen molar-refractivity contribution in [1.29, 1.82) is 0 Å². The molecule has 0 fully saturated rings. The summed E-state index contributed by atoms with van der Waals surface area (Å²) in [5, 5.41) is 8.19. The molecule has 2 rings (SSSR count). The van der Waals surface area contributed by atoms with E-state index in [2.05, 4.69) is 21.2 Å². The highest BCUT2D eigenvalue weighted by atomic mass is 79.9. The molecule has 0 heterocycles. The predicted molar refractivity (Wildman–Crippen MR) is 91.1 cm³/mol. The molecule has 5 nitrogen and oxygen atoms in total. The van der Waals surface area contributed by atoms with Crippen molar-refractivity contribution in [2.75, 3.05) is 5.32 Å². The number of primary sulfonamides is 1. The maximum Gasteiger partial charge on any atom is 0.238 e. The van der Waals surface area contributed by atoms with Gasteiger partial charge in [0.2, 0.25) is 10.0 Å². The number of rotatable bonds is 4. The maximum atomic E-state index is 11.2. The number of hydrogen-bond acceptors (Lipinski definition) is 4. The first-order valence-corrected chi connectivity index (χ1v) is 8.51. The lowest BCUT2D eigenvalue weighted by molar-refractivity contribution is 0.598. The Morgan fingerprint density at radius 3 is 2.14 bits per heavy atom. The van der Waals surface area contributed by atoms with Crippen LogP contribution in [-0.4, -0.2) is 13.4 Å². The Morgan fingerprint density at radius 1 is 1.10 bits per heavy atom. The third kappa shape index (κ3) is 4.01. The Hall–Kier alpha value is -1.48. The molecule has 110 valence electrons. The van der Waals surface area contributed by atoms with Crippen LogP contribution in [0.25, 0.3) is 0 Å². The van der Waals surface area contributed by atoms with Crippen molar-refractivity contribution in [3.05, 3.63) is 52.5 Å². The van der Waals surface area contributed by atoms with E-state index in [1.54, 1.807) is 18.2 Å². The molecule has 8 heteroatoms. The third-order valence-electron chi connectivity index (χ3n) is 2.71. The predicted octanol–water partition coefficient (Wildman–Crippen LogP) is 2.47. The van der Waals surface area contributed by atoms with Crippen LogP contribution in [0.5, 0.6) is 0 Å². The minimum atomic E-state index is -3.68. The van der Waals surface area contributed by atoms with Crippen LogP contribution in [0.4, 0.5) is 11.4 Å². The molecule has 0 aliphatic heterocycles. The van der Waals surface area contributed by atoms with Gasteiger partial charge in [-0.25, -0.2) is 13.6 Å². The van der Waals surface area contributed by atoms with Crippen molar-refractivity contribution in [2.24, 2.45) is 10.9 Å². The average Bonchev–Trinajstić information content (AvgIpc) is 2.38. The summed E-state index contributed by atoms with van der Waals surface area (Å²) in [7, 11) is -3.68. The van der Waals surface area contributed by atoms with Gasteiger partial charge in [0.1, 0.15) is 4.99 Å². The normalized spacial score (nSPS) is 11.1. The topological polar surface area (TPSA) is 98.2 Å². The smallest absolute Gasteiger partial charge is 0.238 e. The summed E-state index contributed by atoms with van der Waals surface area (Å²) in [4.78, 5) is 0.379. The highest BCUT2D eigenvalue weighted by Crippen LogP contribution is 2.24. The Morgan fingerprint density at radius 2 is 1.67 bits per heavy atom. The van der Waals surface area contributed by atoms with Crippen LogP contribution in [0, 0.1) is 0 Å². The van der Waals surface area contributed by atoms with Gasteiger partial charge in [0.05, 0.1) is 4.90 Å². The van der Waals surface area contributed by atoms with Gasteiger partial charge in [-0.15, -0.1) is 0 Å². The van der Waals surface area contributed by atoms with Crippen LogP contribution < -0.4 is 16.2 Å². The van der Waals surface area contributed by atoms with Gasteiger partial charge >= 0.3 is 0 Å². The summed E-state index contributed by atoms with van der Waals surface area (Å²) < 4.78 is 23.1. The van der Waals surface area contributed by atoms with Gasteiger partial charge in [0.25, 0.3) is 0 Å². The van der Waals surface area contributed by atoms with Crippen LogP contribution in [0.2, 0.25) is 0 Å². The van der Waals surface area contributed by atoms with E-state index >= 15 is 0 Å². The molecule has 2 aromatic rings. The molecule has 5 N–H and O–H groups in total. The molecule has 0 amide bonds. The first kappa shape index (κ1) is 15.9. The van der Waals surface area contributed by atoms with Gasteiger partial charge < -0.3 is 11.1 Å². The number of nitrogens with one attached hydrogen (secondary N) is 1. The average molecular weight is 386 g/mol. The molecule has 0 bridgehead atoms. The van der Waals surface area contributed by atoms with Gasteiger partial charge in [-0.05, 0) is 58.4 Å². The summed E-state index contributed by atoms with van der Waals surface area (Å²) >= 11 is 8.33. The van der Waals surface area contributed by atoms with Crippen LogP contribution in [-0.2, 0) is 10.0 Å². The number of halogens is 1. The van der Waals surface area contributed by atoms with Gasteiger partial charge in [0.15, 0.2) is 0 Å². The van der Waals surface area contributed by atoms with E-state index in [4.69, 9.17) is 23.1 Å². The van der Waals surface area contributed by atoms with Crippen LogP contribution in [0.15, 0.2) is 51.8 Å². The van der Waals surface area contributed by atoms with E-state index in [9.17, 15) is 8.42 Å². The fourth-order valence-corrected chi connectivity index (χ4v) is 3.10. The van der Waals surface area contributed by atoms with Crippen LogP contribution in [0.3, 0.4) is 0 Å². The fraction of sp³-hybridized carbons (Fsp3) is 0. The zero-order valence-corrected chi connectivity index (χ0v) is 13.9. The SMILES string of the molecule is NC(=S)c1ccc(Nc2ccc(S(N)(=O)=O)cc2)cc1Br. The quantitative estimate of drug-likeness (QED) is 0.702. The number of hydrogen-bond donors (Lipinski definition) is 3. The van der Waals surface area contributed by atoms with Gasteiger partial charge in [-0.2, -0.15) is 0 Å². The summed E-state index contributed by atoms with van der Waals surface area (Å²) in [6.07, 6.45) is 0. The number of anilines is 2. The lowest BCUT2D eigenvalue weighted by Gasteiger charge is -2.09. The highest BCUT2D eigenvalue weighted by Gasteiger charge is 2.07. The summed E-state index contributed by atoms with van der Waals surface area (Å²) in [5.74, 6) is 0. The number of benzene rings is 2. The molecule has 0 aliphatic carbocycles. The van der Waals surface area contributed by atoms with Crippen molar-refractivity contribution >= 4 is 54.5 Å². The summed E-state index contributed by atoms with van der Waals surface area (Å²) in [5.41, 5.74) is 7.88. The third-order valence-corrected chi connectivity index (χ3v) is 4.51. The number of nitrogens with two attached hydrogens (primary N) is 2. The maximum absolute atomic E-state index is 11.2. The Labute approximate surface area is 136 Å². The molecule has 21 heavy (non-hydrogen) atoms. The van der Waals surface area contributed by atoms with Crippen LogP contribution in [0.1, 0.15) is 5.56 Å². The van der Waals surface area contributed by atoms with E-state index in [0.717, 1.165) is 21.4 Å². The Balaban J connectivity index is 2.23. The van der Waals surface area contributed by atoms with Gasteiger partial charge in [0, 0.05) is 21.4 Å². The van der Waals surface area contributed by atoms with Crippen molar-refractivity contribution in [3.63, 3.8) is 0 Å². The van der Waals surface area contributed by atoms with E-state index in [1.165, 1.54) is 12.1 Å². The molecule has 0 atom stereocenters. The minimum absolute atomic E-state index is 0.0676. The first-order valence-electron chi connectivity index (χ1n) is 5.76. The number of thiocarbonyl (C=S) groups is 1. The second-order valence-electron chi connectivity index (χ2n) is 4.25. The van der Waals surface area contributed by atoms with E-state index in [1.807, 2.05) is 12.1 Å². The Kier molecular flexibility index (Phi) is 4.62. The molecule has 2 aromatic carbocycles. The van der Waals surface area contributed by atoms with E-state index in [0.29, 0.717) is 4.99 Å². The monoisotopic (exact) mass is 385 g/mol. The summed E-state index contributed by atoms with van der Waals surface area (Å²) in [6.45, 7) is 0. The minimum Gasteiger partial charge on any atom is -0.389 e. The molecule has 0 spiro atoms. The Bertz CT molecular complexity index is 790. The van der Waals surface area contributed by atoms with E-state index < -0.39 is 10.0 Å². The molecule has 0 aromatic heterocycles. The summed E-state index contributed by atoms with van der Waals surface area (Å²) in [6, 6.07) is 11.6. The molecule has 0 saturated carbocycles. The van der Waals surface area contributed by atoms with Gasteiger partial charge in [-0.1, -0.05) is 12.2 Å². The number of sulfonamides is 1. The molecular formula is C13H12BrN3O2S2. The van der Waals surface area contributed by atoms with E-state index in [-0.39, 0.29) is 4.90 Å². The fourth-order valence-electron chi connectivity index (χ4n) is 1.69. The van der Waals surface area contributed by atoms with Crippen molar-refractivity contribution in [2.45, 2.75) is 4.90 Å². The molecule has 0 unspecified atom stereocenters. The highest BCUT2D eigenvalue weighted by molar-refractivity contribution is 9.10. The standard InChI is InChI=1S/C13H12BrN3O2S2/c14-12-7-9(3-6-11(12)13(15)20)17-8-1-4-10(5-2-8)21(16,18)19/h1-7,17H,(H2,15,20)(H2,16,18,19). The van der Waals surface area contributed by atoms with Gasteiger partial charge in [-0.3, -0.25) is 0 Å². The van der Waals surface area contributed by atoms with Crippen molar-refractivity contribution in [3.8, 4) is 0 Å². The zero-order chi connectivity index (χ0) is 15.6. The van der Waals surface area contributed by atoms with Crippen molar-refractivity contribution < 1.29 is 8.42 Å². The second-order valence-corrected chi connectivity index (χ2v) is 7.11. The molecule has 0 saturated heterocycles.